The van der Waals surface area contributed by atoms with E-state index in [0.29, 0.717) is 17.4 Å². The van der Waals surface area contributed by atoms with Crippen molar-refractivity contribution in [3.8, 4) is 5.75 Å². The van der Waals surface area contributed by atoms with Crippen molar-refractivity contribution in [1.29, 1.82) is 0 Å². The summed E-state index contributed by atoms with van der Waals surface area (Å²) in [4.78, 5) is 26.1. The number of rotatable bonds is 5. The van der Waals surface area contributed by atoms with Gasteiger partial charge in [0, 0.05) is 11.6 Å². The number of aromatic nitrogens is 3. The number of nitrogens with one attached hydrogen (secondary N) is 1. The molecule has 1 N–H and O–H groups in total. The minimum atomic E-state index is -1.59. The number of hydrogen-bond donors (Lipinski definition) is 1. The highest BCUT2D eigenvalue weighted by molar-refractivity contribution is 5.93. The quantitative estimate of drug-likeness (QED) is 0.630. The molecule has 3 aromatic rings. The highest BCUT2D eigenvalue weighted by Crippen LogP contribution is 2.31. The van der Waals surface area contributed by atoms with E-state index in [1.165, 1.54) is 4.90 Å². The van der Waals surface area contributed by atoms with Crippen molar-refractivity contribution >= 4 is 28.4 Å². The summed E-state index contributed by atoms with van der Waals surface area (Å²) < 4.78 is 25.8. The summed E-state index contributed by atoms with van der Waals surface area (Å²) in [6.07, 6.45) is 4.56. The van der Waals surface area contributed by atoms with Crippen LogP contribution in [0.2, 0.25) is 0 Å². The number of likely N-dealkylation sites (tertiary alicyclic amines) is 1. The van der Waals surface area contributed by atoms with Gasteiger partial charge in [-0.25, -0.2) is 24.1 Å². The molecule has 3 heterocycles. The van der Waals surface area contributed by atoms with Crippen LogP contribution < -0.4 is 10.1 Å². The van der Waals surface area contributed by atoms with Gasteiger partial charge in [-0.2, -0.15) is 0 Å². The van der Waals surface area contributed by atoms with Gasteiger partial charge in [-0.3, -0.25) is 0 Å². The van der Waals surface area contributed by atoms with Gasteiger partial charge < -0.3 is 19.7 Å². The first-order valence-corrected chi connectivity index (χ1v) is 10.3. The van der Waals surface area contributed by atoms with Crippen molar-refractivity contribution < 1.29 is 18.7 Å². The lowest BCUT2D eigenvalue weighted by molar-refractivity contribution is -0.0685. The second-order valence-electron chi connectivity index (χ2n) is 8.96. The smallest absolute Gasteiger partial charge is 0.410 e. The molecule has 0 atom stereocenters. The number of alkyl halides is 1. The number of carbonyl (C=O) groups is 1. The average molecular weight is 439 g/mol. The number of benzene rings is 1. The molecule has 1 aromatic carbocycles. The molecule has 168 valence electrons. The fourth-order valence-electron chi connectivity index (χ4n) is 3.34. The first kappa shape index (κ1) is 21.7. The molecule has 0 bridgehead atoms. The molecule has 0 unspecified atom stereocenters. The van der Waals surface area contributed by atoms with E-state index in [0.717, 1.165) is 16.5 Å². The number of aryl methyl sites for hydroxylation is 1. The maximum atomic E-state index is 14.9. The van der Waals surface area contributed by atoms with Crippen LogP contribution in [-0.4, -0.2) is 56.9 Å². The van der Waals surface area contributed by atoms with Crippen LogP contribution in [0.1, 0.15) is 26.6 Å². The lowest BCUT2D eigenvalue weighted by Crippen LogP contribution is -2.64. The van der Waals surface area contributed by atoms with Crippen molar-refractivity contribution in [3.05, 3.63) is 48.7 Å². The Kier molecular flexibility index (Phi) is 5.58. The molecule has 0 saturated carbocycles. The minimum absolute atomic E-state index is 0.0495. The molecular weight excluding hydrogens is 413 g/mol. The zero-order valence-corrected chi connectivity index (χ0v) is 18.6. The number of amides is 1. The summed E-state index contributed by atoms with van der Waals surface area (Å²) in [5.74, 6) is 1.89. The van der Waals surface area contributed by atoms with Crippen LogP contribution in [-0.2, 0) is 4.74 Å². The SMILES string of the molecule is Cc1ncc(Nc2nccc3cc(OCC4(F)CN(C(=O)OC(C)(C)C)C4)ccc23)cn1. The predicted molar refractivity (Wildman–Crippen MR) is 119 cm³/mol. The predicted octanol–water partition coefficient (Wildman–Crippen LogP) is 4.41. The standard InChI is InChI=1S/C23H26FN5O3/c1-15-26-10-17(11-27-15)28-20-19-6-5-18(9-16(19)7-8-25-20)31-14-23(24)12-29(13-23)21(30)32-22(2,3)4/h5-11H,12-14H2,1-4H3,(H,25,28). The van der Waals surface area contributed by atoms with Crippen molar-refractivity contribution in [3.63, 3.8) is 0 Å². The van der Waals surface area contributed by atoms with Crippen molar-refractivity contribution in [2.75, 3.05) is 25.0 Å². The fourth-order valence-corrected chi connectivity index (χ4v) is 3.34. The third-order valence-electron chi connectivity index (χ3n) is 4.88. The third kappa shape index (κ3) is 5.04. The molecule has 32 heavy (non-hydrogen) atoms. The Labute approximate surface area is 185 Å². The largest absolute Gasteiger partial charge is 0.490 e. The van der Waals surface area contributed by atoms with Gasteiger partial charge >= 0.3 is 6.09 Å². The van der Waals surface area contributed by atoms with Gasteiger partial charge in [0.25, 0.3) is 0 Å². The van der Waals surface area contributed by atoms with E-state index < -0.39 is 17.4 Å². The van der Waals surface area contributed by atoms with Crippen molar-refractivity contribution in [2.24, 2.45) is 0 Å². The summed E-state index contributed by atoms with van der Waals surface area (Å²) in [5, 5.41) is 4.99. The highest BCUT2D eigenvalue weighted by atomic mass is 19.1. The van der Waals surface area contributed by atoms with Crippen LogP contribution >= 0.6 is 0 Å². The Morgan fingerprint density at radius 3 is 2.59 bits per heavy atom. The third-order valence-corrected chi connectivity index (χ3v) is 4.88. The number of fused-ring (bicyclic) bond motifs is 1. The molecule has 1 aliphatic heterocycles. The molecule has 1 aliphatic rings. The minimum Gasteiger partial charge on any atom is -0.490 e. The Morgan fingerprint density at radius 1 is 1.19 bits per heavy atom. The van der Waals surface area contributed by atoms with E-state index in [1.54, 1.807) is 45.4 Å². The Balaban J connectivity index is 1.38. The molecule has 9 heteroatoms. The Morgan fingerprint density at radius 2 is 1.91 bits per heavy atom. The Bertz CT molecular complexity index is 1120. The molecule has 2 aromatic heterocycles. The maximum absolute atomic E-state index is 14.9. The molecule has 1 amide bonds. The summed E-state index contributed by atoms with van der Waals surface area (Å²) in [6, 6.07) is 7.33. The number of carbonyl (C=O) groups excluding carboxylic acids is 1. The van der Waals surface area contributed by atoms with Crippen LogP contribution in [0.5, 0.6) is 5.75 Å². The van der Waals surface area contributed by atoms with E-state index in [-0.39, 0.29) is 19.7 Å². The molecule has 8 nitrogen and oxygen atoms in total. The maximum Gasteiger partial charge on any atom is 0.410 e. The van der Waals surface area contributed by atoms with E-state index in [4.69, 9.17) is 9.47 Å². The molecule has 1 saturated heterocycles. The van der Waals surface area contributed by atoms with Gasteiger partial charge in [0.1, 0.15) is 29.6 Å². The van der Waals surface area contributed by atoms with Crippen LogP contribution in [0.3, 0.4) is 0 Å². The summed E-state index contributed by atoms with van der Waals surface area (Å²) in [6.45, 7) is 6.91. The Hall–Kier alpha value is -3.49. The summed E-state index contributed by atoms with van der Waals surface area (Å²) in [7, 11) is 0. The van der Waals surface area contributed by atoms with Gasteiger partial charge in [-0.1, -0.05) is 0 Å². The van der Waals surface area contributed by atoms with Gasteiger partial charge in [0.2, 0.25) is 0 Å². The van der Waals surface area contributed by atoms with Gasteiger partial charge in [-0.05, 0) is 57.3 Å². The topological polar surface area (TPSA) is 89.5 Å². The molecule has 4 rings (SSSR count). The lowest BCUT2D eigenvalue weighted by Gasteiger charge is -2.43. The highest BCUT2D eigenvalue weighted by Gasteiger charge is 2.48. The molecule has 0 spiro atoms. The molecule has 0 aliphatic carbocycles. The second kappa shape index (κ2) is 8.22. The molecular formula is C23H26FN5O3. The second-order valence-corrected chi connectivity index (χ2v) is 8.96. The van der Waals surface area contributed by atoms with E-state index in [9.17, 15) is 9.18 Å². The lowest BCUT2D eigenvalue weighted by atomic mass is 9.98. The zero-order valence-electron chi connectivity index (χ0n) is 18.6. The van der Waals surface area contributed by atoms with Gasteiger partial charge in [0.05, 0.1) is 31.2 Å². The fraction of sp³-hybridized carbons (Fsp3) is 0.391. The van der Waals surface area contributed by atoms with E-state index in [1.807, 2.05) is 25.1 Å². The van der Waals surface area contributed by atoms with Crippen LogP contribution in [0.15, 0.2) is 42.9 Å². The van der Waals surface area contributed by atoms with Gasteiger partial charge in [0.15, 0.2) is 5.67 Å². The number of nitrogens with zero attached hydrogens (tertiary/aromatic N) is 4. The number of ether oxygens (including phenoxy) is 2. The summed E-state index contributed by atoms with van der Waals surface area (Å²) >= 11 is 0. The number of pyridine rings is 1. The number of halogens is 1. The van der Waals surface area contributed by atoms with E-state index >= 15 is 0 Å². The molecule has 0 radical (unpaired) electrons. The van der Waals surface area contributed by atoms with Crippen molar-refractivity contribution in [1.82, 2.24) is 19.9 Å². The van der Waals surface area contributed by atoms with Crippen LogP contribution in [0.25, 0.3) is 10.8 Å². The first-order chi connectivity index (χ1) is 15.1. The normalized spacial score (nSPS) is 15.2. The zero-order chi connectivity index (χ0) is 22.9. The van der Waals surface area contributed by atoms with Crippen LogP contribution in [0.4, 0.5) is 20.7 Å². The summed E-state index contributed by atoms with van der Waals surface area (Å²) in [5.41, 5.74) is -1.47. The number of hydrogen-bond acceptors (Lipinski definition) is 7. The number of anilines is 2. The average Bonchev–Trinajstić information content (AvgIpc) is 2.70. The molecule has 1 fully saturated rings. The van der Waals surface area contributed by atoms with Crippen molar-refractivity contribution in [2.45, 2.75) is 39.0 Å². The van der Waals surface area contributed by atoms with E-state index in [2.05, 4.69) is 20.3 Å². The van der Waals surface area contributed by atoms with Crippen LogP contribution in [0, 0.1) is 6.92 Å². The first-order valence-electron chi connectivity index (χ1n) is 10.3. The monoisotopic (exact) mass is 439 g/mol. The van der Waals surface area contributed by atoms with Gasteiger partial charge in [-0.15, -0.1) is 0 Å².